The fourth-order valence-corrected chi connectivity index (χ4v) is 2.85. The number of hydrogen-bond acceptors (Lipinski definition) is 3. The Hall–Kier alpha value is -1.16. The van der Waals surface area contributed by atoms with Crippen molar-refractivity contribution in [2.45, 2.75) is 45.1 Å². The molecule has 1 saturated carbocycles. The number of nitrogens with one attached hydrogen (secondary N) is 1. The third-order valence-electron chi connectivity index (χ3n) is 3.96. The Morgan fingerprint density at radius 1 is 1.21 bits per heavy atom. The van der Waals surface area contributed by atoms with Gasteiger partial charge < -0.3 is 16.8 Å². The third kappa shape index (κ3) is 3.06. The Morgan fingerprint density at radius 2 is 1.89 bits per heavy atom. The second-order valence-electron chi connectivity index (χ2n) is 5.42. The smallest absolute Gasteiger partial charge is 0.169 e. The van der Waals surface area contributed by atoms with Gasteiger partial charge in [0.15, 0.2) is 5.82 Å². The minimum atomic E-state index is -0.546. The van der Waals surface area contributed by atoms with Gasteiger partial charge in [0.05, 0.1) is 17.1 Å². The molecule has 3 nitrogen and oxygen atoms in total. The lowest BCUT2D eigenvalue weighted by atomic mass is 9.96. The second kappa shape index (κ2) is 5.87. The maximum absolute atomic E-state index is 14.2. The highest BCUT2D eigenvalue weighted by Crippen LogP contribution is 2.36. The molecule has 19 heavy (non-hydrogen) atoms. The number of hydrogen-bond donors (Lipinski definition) is 3. The first-order valence-corrected chi connectivity index (χ1v) is 7.18. The summed E-state index contributed by atoms with van der Waals surface area (Å²) < 4.78 is 14.2. The SMILES string of the molecule is CC1CCCCCC1Nc1c(N)cc(N)c(Cl)c1F. The number of nitrogen functional groups attached to an aromatic ring is 2. The first-order chi connectivity index (χ1) is 9.00. The first-order valence-electron chi connectivity index (χ1n) is 6.80. The van der Waals surface area contributed by atoms with Crippen LogP contribution in [0, 0.1) is 11.7 Å². The molecule has 2 atom stereocenters. The van der Waals surface area contributed by atoms with Crippen LogP contribution in [0.3, 0.4) is 0 Å². The van der Waals surface area contributed by atoms with E-state index in [9.17, 15) is 4.39 Å². The van der Waals surface area contributed by atoms with Gasteiger partial charge in [0.2, 0.25) is 0 Å². The van der Waals surface area contributed by atoms with E-state index in [4.69, 9.17) is 23.1 Å². The van der Waals surface area contributed by atoms with Crippen LogP contribution in [0.5, 0.6) is 0 Å². The van der Waals surface area contributed by atoms with E-state index in [1.165, 1.54) is 18.9 Å². The summed E-state index contributed by atoms with van der Waals surface area (Å²) in [6.07, 6.45) is 5.82. The molecule has 2 unspecified atom stereocenters. The molecule has 5 heteroatoms. The second-order valence-corrected chi connectivity index (χ2v) is 5.80. The van der Waals surface area contributed by atoms with Crippen LogP contribution in [0.4, 0.5) is 21.5 Å². The number of halogens is 2. The zero-order chi connectivity index (χ0) is 14.0. The van der Waals surface area contributed by atoms with Crippen molar-refractivity contribution in [3.05, 3.63) is 16.9 Å². The van der Waals surface area contributed by atoms with Gasteiger partial charge in [-0.15, -0.1) is 0 Å². The van der Waals surface area contributed by atoms with Crippen molar-refractivity contribution in [1.29, 1.82) is 0 Å². The molecule has 1 aromatic rings. The van der Waals surface area contributed by atoms with Crippen molar-refractivity contribution in [2.24, 2.45) is 5.92 Å². The standard InChI is InChI=1S/C14H21ClFN3/c1-8-5-3-2-4-6-11(8)19-14-10(18)7-9(17)12(15)13(14)16/h7-8,11,19H,2-6,17-18H2,1H3. The minimum Gasteiger partial charge on any atom is -0.397 e. The monoisotopic (exact) mass is 285 g/mol. The lowest BCUT2D eigenvalue weighted by Gasteiger charge is -2.25. The largest absolute Gasteiger partial charge is 0.397 e. The normalized spacial score (nSPS) is 23.9. The Balaban J connectivity index is 2.25. The Labute approximate surface area is 118 Å². The molecular weight excluding hydrogens is 265 g/mol. The predicted molar refractivity (Wildman–Crippen MR) is 79.9 cm³/mol. The molecule has 106 valence electrons. The van der Waals surface area contributed by atoms with Crippen LogP contribution in [0.2, 0.25) is 5.02 Å². The highest BCUT2D eigenvalue weighted by atomic mass is 35.5. The molecule has 0 aliphatic heterocycles. The molecule has 2 rings (SSSR count). The van der Waals surface area contributed by atoms with Gasteiger partial charge in [0.25, 0.3) is 0 Å². The summed E-state index contributed by atoms with van der Waals surface area (Å²) in [5.74, 6) is -0.0479. The molecule has 0 radical (unpaired) electrons. The maximum atomic E-state index is 14.2. The topological polar surface area (TPSA) is 64.1 Å². The van der Waals surface area contributed by atoms with Gasteiger partial charge in [-0.2, -0.15) is 0 Å². The van der Waals surface area contributed by atoms with Crippen LogP contribution < -0.4 is 16.8 Å². The summed E-state index contributed by atoms with van der Waals surface area (Å²) in [5, 5.41) is 3.18. The van der Waals surface area contributed by atoms with E-state index < -0.39 is 5.82 Å². The van der Waals surface area contributed by atoms with E-state index in [0.29, 0.717) is 11.6 Å². The minimum absolute atomic E-state index is 0.0574. The van der Waals surface area contributed by atoms with Crippen molar-refractivity contribution in [3.8, 4) is 0 Å². The molecule has 1 fully saturated rings. The number of nitrogens with two attached hydrogens (primary N) is 2. The highest BCUT2D eigenvalue weighted by molar-refractivity contribution is 6.33. The Morgan fingerprint density at radius 3 is 2.63 bits per heavy atom. The lowest BCUT2D eigenvalue weighted by Crippen LogP contribution is -2.27. The summed E-state index contributed by atoms with van der Waals surface area (Å²) in [6.45, 7) is 2.19. The van der Waals surface area contributed by atoms with E-state index in [1.54, 1.807) is 0 Å². The quantitative estimate of drug-likeness (QED) is 0.568. The van der Waals surface area contributed by atoms with E-state index in [2.05, 4.69) is 12.2 Å². The third-order valence-corrected chi connectivity index (χ3v) is 4.34. The van der Waals surface area contributed by atoms with Crippen LogP contribution in [-0.4, -0.2) is 6.04 Å². The number of rotatable bonds is 2. The van der Waals surface area contributed by atoms with E-state index in [-0.39, 0.29) is 22.4 Å². The van der Waals surface area contributed by atoms with E-state index in [1.807, 2.05) is 0 Å². The number of benzene rings is 1. The zero-order valence-corrected chi connectivity index (χ0v) is 11.9. The van der Waals surface area contributed by atoms with Crippen molar-refractivity contribution in [3.63, 3.8) is 0 Å². The van der Waals surface area contributed by atoms with Crippen molar-refractivity contribution < 1.29 is 4.39 Å². The Kier molecular flexibility index (Phi) is 4.40. The van der Waals surface area contributed by atoms with Crippen LogP contribution in [0.25, 0.3) is 0 Å². The molecule has 0 spiro atoms. The first kappa shape index (κ1) is 14.3. The zero-order valence-electron chi connectivity index (χ0n) is 11.2. The van der Waals surface area contributed by atoms with Crippen LogP contribution in [0.15, 0.2) is 6.07 Å². The molecule has 0 bridgehead atoms. The predicted octanol–water partition coefficient (Wildman–Crippen LogP) is 4.02. The average molecular weight is 286 g/mol. The van der Waals surface area contributed by atoms with Crippen molar-refractivity contribution in [1.82, 2.24) is 0 Å². The average Bonchev–Trinajstić information content (AvgIpc) is 2.57. The fourth-order valence-electron chi connectivity index (χ4n) is 2.71. The molecule has 1 aliphatic carbocycles. The maximum Gasteiger partial charge on any atom is 0.169 e. The van der Waals surface area contributed by atoms with E-state index in [0.717, 1.165) is 19.3 Å². The van der Waals surface area contributed by atoms with Crippen LogP contribution in [-0.2, 0) is 0 Å². The summed E-state index contributed by atoms with van der Waals surface area (Å²) in [4.78, 5) is 0. The summed E-state index contributed by atoms with van der Waals surface area (Å²) in [6, 6.07) is 1.74. The molecule has 1 aliphatic rings. The lowest BCUT2D eigenvalue weighted by molar-refractivity contribution is 0.454. The van der Waals surface area contributed by atoms with E-state index >= 15 is 0 Å². The molecule has 0 heterocycles. The molecule has 0 aromatic heterocycles. The highest BCUT2D eigenvalue weighted by Gasteiger charge is 2.23. The Bertz CT molecular complexity index is 464. The molecular formula is C14H21ClFN3. The van der Waals surface area contributed by atoms with Gasteiger partial charge in [0, 0.05) is 6.04 Å². The van der Waals surface area contributed by atoms with Gasteiger partial charge in [-0.05, 0) is 24.8 Å². The van der Waals surface area contributed by atoms with Crippen molar-refractivity contribution in [2.75, 3.05) is 16.8 Å². The van der Waals surface area contributed by atoms with Gasteiger partial charge in [-0.25, -0.2) is 4.39 Å². The van der Waals surface area contributed by atoms with Crippen LogP contribution in [0.1, 0.15) is 39.0 Å². The molecule has 5 N–H and O–H groups in total. The van der Waals surface area contributed by atoms with Gasteiger partial charge in [0.1, 0.15) is 5.02 Å². The van der Waals surface area contributed by atoms with Crippen molar-refractivity contribution >= 4 is 28.7 Å². The molecule has 0 saturated heterocycles. The number of anilines is 3. The van der Waals surface area contributed by atoms with Gasteiger partial charge in [-0.3, -0.25) is 0 Å². The molecule has 1 aromatic carbocycles. The van der Waals surface area contributed by atoms with Gasteiger partial charge >= 0.3 is 0 Å². The molecule has 0 amide bonds. The fraction of sp³-hybridized carbons (Fsp3) is 0.571. The van der Waals surface area contributed by atoms with Gasteiger partial charge in [-0.1, -0.05) is 37.8 Å². The van der Waals surface area contributed by atoms with Crippen LogP contribution >= 0.6 is 11.6 Å². The summed E-state index contributed by atoms with van der Waals surface area (Å²) in [7, 11) is 0. The summed E-state index contributed by atoms with van der Waals surface area (Å²) in [5.41, 5.74) is 12.2. The summed E-state index contributed by atoms with van der Waals surface area (Å²) >= 11 is 5.85.